The molecular formula is C21H27FN4O2. The highest BCUT2D eigenvalue weighted by Crippen LogP contribution is 2.23. The van der Waals surface area contributed by atoms with Crippen molar-refractivity contribution in [3.63, 3.8) is 0 Å². The molecular weight excluding hydrogens is 359 g/mol. The molecule has 2 atom stereocenters. The van der Waals surface area contributed by atoms with E-state index < -0.39 is 0 Å². The normalized spacial score (nSPS) is 22.9. The molecule has 2 fully saturated rings. The second-order valence-corrected chi connectivity index (χ2v) is 7.97. The number of nitrogens with zero attached hydrogens (tertiary/aromatic N) is 4. The van der Waals surface area contributed by atoms with Gasteiger partial charge in [0.05, 0.1) is 19.3 Å². The number of aryl methyl sites for hydroxylation is 2. The Morgan fingerprint density at radius 1 is 1.25 bits per heavy atom. The van der Waals surface area contributed by atoms with Crippen LogP contribution < -0.4 is 0 Å². The molecule has 7 heteroatoms. The Kier molecular flexibility index (Phi) is 5.46. The lowest BCUT2D eigenvalue weighted by Gasteiger charge is -2.31. The number of hydrogen-bond donors (Lipinski definition) is 0. The summed E-state index contributed by atoms with van der Waals surface area (Å²) >= 11 is 0. The van der Waals surface area contributed by atoms with Crippen molar-refractivity contribution in [2.75, 3.05) is 32.8 Å². The summed E-state index contributed by atoms with van der Waals surface area (Å²) in [5.74, 6) is 1.05. The number of fused-ring (bicyclic) bond motifs is 3. The zero-order valence-corrected chi connectivity index (χ0v) is 16.5. The molecule has 6 nitrogen and oxygen atoms in total. The van der Waals surface area contributed by atoms with Crippen molar-refractivity contribution >= 4 is 5.91 Å². The lowest BCUT2D eigenvalue weighted by Crippen LogP contribution is -2.46. The highest BCUT2D eigenvalue weighted by molar-refractivity contribution is 5.76. The van der Waals surface area contributed by atoms with Crippen molar-refractivity contribution < 1.29 is 13.9 Å². The summed E-state index contributed by atoms with van der Waals surface area (Å²) in [7, 11) is 0. The summed E-state index contributed by atoms with van der Waals surface area (Å²) in [6.07, 6.45) is 3.56. The Hall–Kier alpha value is -2.25. The van der Waals surface area contributed by atoms with Gasteiger partial charge in [0.2, 0.25) is 5.91 Å². The molecule has 2 aliphatic rings. The SMILES string of the molecule is Cc1ccc(CN2C[C@H]3COC[C@@H]2CN(C(=O)Cn2ccnc2C)C3)cc1F. The van der Waals surface area contributed by atoms with Crippen molar-refractivity contribution in [1.82, 2.24) is 19.4 Å². The monoisotopic (exact) mass is 386 g/mol. The first-order chi connectivity index (χ1) is 13.5. The van der Waals surface area contributed by atoms with Gasteiger partial charge in [0.15, 0.2) is 0 Å². The minimum atomic E-state index is -0.168. The van der Waals surface area contributed by atoms with Crippen LogP contribution in [-0.4, -0.2) is 64.1 Å². The Balaban J connectivity index is 1.48. The number of rotatable bonds is 4. The van der Waals surface area contributed by atoms with Crippen LogP contribution in [0.1, 0.15) is 17.0 Å². The molecule has 1 aromatic carbocycles. The molecule has 2 saturated heterocycles. The van der Waals surface area contributed by atoms with Crippen molar-refractivity contribution in [2.45, 2.75) is 33.0 Å². The first-order valence-corrected chi connectivity index (χ1v) is 9.82. The topological polar surface area (TPSA) is 50.6 Å². The first kappa shape index (κ1) is 19.1. The fraction of sp³-hybridized carbons (Fsp3) is 0.524. The van der Waals surface area contributed by atoms with Crippen LogP contribution >= 0.6 is 0 Å². The van der Waals surface area contributed by atoms with E-state index in [-0.39, 0.29) is 23.7 Å². The number of aromatic nitrogens is 2. The van der Waals surface area contributed by atoms with Crippen LogP contribution in [0.4, 0.5) is 4.39 Å². The molecule has 2 aliphatic heterocycles. The van der Waals surface area contributed by atoms with Gasteiger partial charge in [0.25, 0.3) is 0 Å². The van der Waals surface area contributed by atoms with Crippen LogP contribution in [0.2, 0.25) is 0 Å². The molecule has 0 spiro atoms. The van der Waals surface area contributed by atoms with Gasteiger partial charge in [0, 0.05) is 44.5 Å². The maximum atomic E-state index is 14.0. The fourth-order valence-corrected chi connectivity index (χ4v) is 4.11. The summed E-state index contributed by atoms with van der Waals surface area (Å²) in [5.41, 5.74) is 1.62. The van der Waals surface area contributed by atoms with E-state index in [0.29, 0.717) is 45.0 Å². The molecule has 3 heterocycles. The predicted molar refractivity (Wildman–Crippen MR) is 103 cm³/mol. The lowest BCUT2D eigenvalue weighted by molar-refractivity contribution is -0.133. The minimum absolute atomic E-state index is 0.112. The summed E-state index contributed by atoms with van der Waals surface area (Å²) in [6, 6.07) is 5.55. The Bertz CT molecular complexity index is 853. The maximum Gasteiger partial charge on any atom is 0.242 e. The average molecular weight is 386 g/mol. The largest absolute Gasteiger partial charge is 0.379 e. The second-order valence-electron chi connectivity index (χ2n) is 7.97. The van der Waals surface area contributed by atoms with Gasteiger partial charge >= 0.3 is 0 Å². The Labute approximate surface area is 164 Å². The average Bonchev–Trinajstić information content (AvgIpc) is 2.86. The first-order valence-electron chi connectivity index (χ1n) is 9.82. The van der Waals surface area contributed by atoms with Gasteiger partial charge in [-0.05, 0) is 31.0 Å². The van der Waals surface area contributed by atoms with E-state index in [2.05, 4.69) is 9.88 Å². The number of carbonyl (C=O) groups excluding carboxylic acids is 1. The van der Waals surface area contributed by atoms with Gasteiger partial charge in [-0.2, -0.15) is 0 Å². The molecule has 0 radical (unpaired) electrons. The van der Waals surface area contributed by atoms with Crippen molar-refractivity contribution in [2.24, 2.45) is 5.92 Å². The number of hydrogen-bond acceptors (Lipinski definition) is 4. The van der Waals surface area contributed by atoms with Crippen LogP contribution in [0.5, 0.6) is 0 Å². The van der Waals surface area contributed by atoms with Gasteiger partial charge in [-0.1, -0.05) is 12.1 Å². The smallest absolute Gasteiger partial charge is 0.242 e. The van der Waals surface area contributed by atoms with E-state index in [0.717, 1.165) is 17.9 Å². The van der Waals surface area contributed by atoms with E-state index in [4.69, 9.17) is 4.74 Å². The summed E-state index contributed by atoms with van der Waals surface area (Å²) < 4.78 is 21.7. The number of carbonyl (C=O) groups is 1. The third kappa shape index (κ3) is 4.10. The zero-order valence-electron chi connectivity index (χ0n) is 16.5. The summed E-state index contributed by atoms with van der Waals surface area (Å²) in [4.78, 5) is 21.4. The van der Waals surface area contributed by atoms with E-state index >= 15 is 0 Å². The fourth-order valence-electron chi connectivity index (χ4n) is 4.11. The Morgan fingerprint density at radius 2 is 2.11 bits per heavy atom. The van der Waals surface area contributed by atoms with Gasteiger partial charge in [0.1, 0.15) is 18.2 Å². The molecule has 0 unspecified atom stereocenters. The third-order valence-electron chi connectivity index (χ3n) is 5.79. The molecule has 2 bridgehead atoms. The van der Waals surface area contributed by atoms with Crippen molar-refractivity contribution in [3.8, 4) is 0 Å². The van der Waals surface area contributed by atoms with Gasteiger partial charge in [-0.3, -0.25) is 9.69 Å². The van der Waals surface area contributed by atoms with Gasteiger partial charge in [-0.15, -0.1) is 0 Å². The standard InChI is InChI=1S/C21H27FN4O2/c1-15-3-4-17(7-20(15)22)8-25-9-18-10-26(11-19(25)14-28-13-18)21(27)12-24-6-5-23-16(24)2/h3-7,18-19H,8-14H2,1-2H3/t18-,19+/m1/s1. The molecule has 1 aromatic heterocycles. The van der Waals surface area contributed by atoms with E-state index in [1.165, 1.54) is 0 Å². The van der Waals surface area contributed by atoms with E-state index in [9.17, 15) is 9.18 Å². The Morgan fingerprint density at radius 3 is 2.86 bits per heavy atom. The van der Waals surface area contributed by atoms with Gasteiger partial charge in [-0.25, -0.2) is 9.37 Å². The van der Waals surface area contributed by atoms with Crippen LogP contribution in [0.3, 0.4) is 0 Å². The van der Waals surface area contributed by atoms with Crippen LogP contribution in [0, 0.1) is 25.6 Å². The number of imidazole rings is 1. The van der Waals surface area contributed by atoms with Gasteiger partial charge < -0.3 is 14.2 Å². The minimum Gasteiger partial charge on any atom is -0.379 e. The molecule has 4 rings (SSSR count). The number of amides is 1. The van der Waals surface area contributed by atoms with E-state index in [1.54, 1.807) is 19.2 Å². The third-order valence-corrected chi connectivity index (χ3v) is 5.79. The maximum absolute atomic E-state index is 14.0. The molecule has 0 N–H and O–H groups in total. The molecule has 28 heavy (non-hydrogen) atoms. The van der Waals surface area contributed by atoms with E-state index in [1.807, 2.05) is 34.7 Å². The summed E-state index contributed by atoms with van der Waals surface area (Å²) in [6.45, 7) is 8.10. The second kappa shape index (κ2) is 8.01. The number of benzene rings is 1. The predicted octanol–water partition coefficient (Wildman–Crippen LogP) is 2.00. The number of halogens is 1. The van der Waals surface area contributed by atoms with Crippen molar-refractivity contribution in [1.29, 1.82) is 0 Å². The van der Waals surface area contributed by atoms with Crippen molar-refractivity contribution in [3.05, 3.63) is 53.4 Å². The number of ether oxygens (including phenoxy) is 1. The molecule has 0 saturated carbocycles. The molecule has 150 valence electrons. The highest BCUT2D eigenvalue weighted by Gasteiger charge is 2.35. The van der Waals surface area contributed by atoms with Crippen LogP contribution in [0.25, 0.3) is 0 Å². The zero-order chi connectivity index (χ0) is 19.7. The molecule has 0 aliphatic carbocycles. The summed E-state index contributed by atoms with van der Waals surface area (Å²) in [5, 5.41) is 0. The van der Waals surface area contributed by atoms with Crippen LogP contribution in [0.15, 0.2) is 30.6 Å². The molecule has 2 aromatic rings. The molecule has 1 amide bonds. The lowest BCUT2D eigenvalue weighted by atomic mass is 10.1. The quantitative estimate of drug-likeness (QED) is 0.807. The van der Waals surface area contributed by atoms with Crippen LogP contribution in [-0.2, 0) is 22.6 Å². The highest BCUT2D eigenvalue weighted by atomic mass is 19.1.